The lowest BCUT2D eigenvalue weighted by Crippen LogP contribution is -1.89. The molecule has 2 aromatic rings. The Morgan fingerprint density at radius 1 is 1.25 bits per heavy atom. The second-order valence-corrected chi connectivity index (χ2v) is 3.57. The van der Waals surface area contributed by atoms with Gasteiger partial charge in [-0.15, -0.1) is 0 Å². The highest BCUT2D eigenvalue weighted by atomic mass is 19.1. The molecule has 0 fully saturated rings. The van der Waals surface area contributed by atoms with Crippen LogP contribution in [0.1, 0.15) is 16.1 Å². The molecule has 0 atom stereocenters. The lowest BCUT2D eigenvalue weighted by Gasteiger charge is -2.04. The number of nitrogens with zero attached hydrogens (tertiary/aromatic N) is 1. The van der Waals surface area contributed by atoms with Crippen molar-refractivity contribution in [2.75, 3.05) is 0 Å². The van der Waals surface area contributed by atoms with Crippen LogP contribution in [0.4, 0.5) is 4.39 Å². The molecule has 1 heterocycles. The average molecular weight is 215 g/mol. The number of carbonyl (C=O) groups is 1. The van der Waals surface area contributed by atoms with Crippen molar-refractivity contribution in [1.82, 2.24) is 4.98 Å². The van der Waals surface area contributed by atoms with Crippen LogP contribution in [0.5, 0.6) is 0 Å². The number of pyridine rings is 1. The van der Waals surface area contributed by atoms with E-state index in [-0.39, 0.29) is 5.82 Å². The van der Waals surface area contributed by atoms with E-state index >= 15 is 0 Å². The highest BCUT2D eigenvalue weighted by molar-refractivity contribution is 5.73. The van der Waals surface area contributed by atoms with Gasteiger partial charge < -0.3 is 0 Å². The van der Waals surface area contributed by atoms with Crippen molar-refractivity contribution in [2.24, 2.45) is 0 Å². The standard InChI is InChI=1S/C13H10FNO/c1-9-2-5-13(14)12(6-9)10-3-4-11(8-16)15-7-10/h2-8H,1H3. The van der Waals surface area contributed by atoms with Gasteiger partial charge in [-0.1, -0.05) is 17.7 Å². The van der Waals surface area contributed by atoms with Gasteiger partial charge in [0.1, 0.15) is 11.5 Å². The van der Waals surface area contributed by atoms with Crippen molar-refractivity contribution in [2.45, 2.75) is 6.92 Å². The Morgan fingerprint density at radius 3 is 2.69 bits per heavy atom. The summed E-state index contributed by atoms with van der Waals surface area (Å²) in [5.74, 6) is -0.286. The number of halogens is 1. The molecule has 1 aromatic heterocycles. The number of hydrogen-bond acceptors (Lipinski definition) is 2. The van der Waals surface area contributed by atoms with Crippen molar-refractivity contribution in [3.63, 3.8) is 0 Å². The number of benzene rings is 1. The SMILES string of the molecule is Cc1ccc(F)c(-c2ccc(C=O)nc2)c1. The van der Waals surface area contributed by atoms with Gasteiger partial charge in [-0.2, -0.15) is 0 Å². The third kappa shape index (κ3) is 1.98. The van der Waals surface area contributed by atoms with E-state index in [1.807, 2.05) is 6.92 Å². The summed E-state index contributed by atoms with van der Waals surface area (Å²) in [4.78, 5) is 14.3. The van der Waals surface area contributed by atoms with Crippen molar-refractivity contribution in [1.29, 1.82) is 0 Å². The predicted molar refractivity (Wildman–Crippen MR) is 59.8 cm³/mol. The normalized spacial score (nSPS) is 10.1. The van der Waals surface area contributed by atoms with E-state index in [1.54, 1.807) is 24.3 Å². The summed E-state index contributed by atoms with van der Waals surface area (Å²) in [5.41, 5.74) is 2.50. The molecule has 0 aliphatic carbocycles. The Bertz CT molecular complexity index is 520. The zero-order chi connectivity index (χ0) is 11.5. The molecule has 16 heavy (non-hydrogen) atoms. The maximum atomic E-state index is 13.5. The third-order valence-corrected chi connectivity index (χ3v) is 2.34. The molecule has 0 saturated carbocycles. The summed E-state index contributed by atoms with van der Waals surface area (Å²) in [6.45, 7) is 1.90. The predicted octanol–water partition coefficient (Wildman–Crippen LogP) is 3.01. The van der Waals surface area contributed by atoms with Crippen LogP contribution in [0.3, 0.4) is 0 Å². The molecule has 3 heteroatoms. The summed E-state index contributed by atoms with van der Waals surface area (Å²) in [6.07, 6.45) is 2.16. The average Bonchev–Trinajstić information content (AvgIpc) is 2.32. The van der Waals surface area contributed by atoms with E-state index in [0.29, 0.717) is 23.1 Å². The monoisotopic (exact) mass is 215 g/mol. The third-order valence-electron chi connectivity index (χ3n) is 2.34. The van der Waals surface area contributed by atoms with Crippen molar-refractivity contribution in [3.05, 3.63) is 53.6 Å². The molecule has 0 saturated heterocycles. The Labute approximate surface area is 92.8 Å². The van der Waals surface area contributed by atoms with E-state index in [1.165, 1.54) is 12.3 Å². The largest absolute Gasteiger partial charge is 0.296 e. The molecular weight excluding hydrogens is 205 g/mol. The van der Waals surface area contributed by atoms with Gasteiger partial charge in [0.2, 0.25) is 0 Å². The van der Waals surface area contributed by atoms with Gasteiger partial charge in [0.15, 0.2) is 6.29 Å². The maximum Gasteiger partial charge on any atom is 0.168 e. The first-order valence-corrected chi connectivity index (χ1v) is 4.88. The van der Waals surface area contributed by atoms with Crippen molar-refractivity contribution >= 4 is 6.29 Å². The van der Waals surface area contributed by atoms with Crippen LogP contribution in [-0.2, 0) is 0 Å². The number of aromatic nitrogens is 1. The number of hydrogen-bond donors (Lipinski definition) is 0. The number of rotatable bonds is 2. The Hall–Kier alpha value is -2.03. The van der Waals surface area contributed by atoms with Gasteiger partial charge in [0, 0.05) is 17.3 Å². The van der Waals surface area contributed by atoms with Crippen molar-refractivity contribution in [3.8, 4) is 11.1 Å². The highest BCUT2D eigenvalue weighted by Gasteiger charge is 2.05. The minimum Gasteiger partial charge on any atom is -0.296 e. The van der Waals surface area contributed by atoms with Gasteiger partial charge in [0.25, 0.3) is 0 Å². The molecule has 0 unspecified atom stereocenters. The Morgan fingerprint density at radius 2 is 2.06 bits per heavy atom. The van der Waals surface area contributed by atoms with Crippen LogP contribution in [0.2, 0.25) is 0 Å². The summed E-state index contributed by atoms with van der Waals surface area (Å²) in [7, 11) is 0. The fourth-order valence-corrected chi connectivity index (χ4v) is 1.49. The summed E-state index contributed by atoms with van der Waals surface area (Å²) < 4.78 is 13.5. The molecule has 0 spiro atoms. The Balaban J connectivity index is 2.49. The van der Waals surface area contributed by atoms with E-state index in [4.69, 9.17) is 0 Å². The van der Waals surface area contributed by atoms with Gasteiger partial charge >= 0.3 is 0 Å². The molecular formula is C13H10FNO. The maximum absolute atomic E-state index is 13.5. The van der Waals surface area contributed by atoms with E-state index in [0.717, 1.165) is 5.56 Å². The second kappa shape index (κ2) is 4.23. The quantitative estimate of drug-likeness (QED) is 0.721. The highest BCUT2D eigenvalue weighted by Crippen LogP contribution is 2.23. The summed E-state index contributed by atoms with van der Waals surface area (Å²) >= 11 is 0. The smallest absolute Gasteiger partial charge is 0.168 e. The molecule has 0 aliphatic heterocycles. The van der Waals surface area contributed by atoms with Gasteiger partial charge in [-0.25, -0.2) is 4.39 Å². The zero-order valence-corrected chi connectivity index (χ0v) is 8.77. The first-order chi connectivity index (χ1) is 7.70. The molecule has 2 rings (SSSR count). The molecule has 0 radical (unpaired) electrons. The molecule has 0 aliphatic rings. The van der Waals surface area contributed by atoms with Gasteiger partial charge in [-0.05, 0) is 25.1 Å². The van der Waals surface area contributed by atoms with E-state index < -0.39 is 0 Å². The van der Waals surface area contributed by atoms with Gasteiger partial charge in [-0.3, -0.25) is 9.78 Å². The van der Waals surface area contributed by atoms with Gasteiger partial charge in [0.05, 0.1) is 0 Å². The van der Waals surface area contributed by atoms with Crippen LogP contribution in [-0.4, -0.2) is 11.3 Å². The fraction of sp³-hybridized carbons (Fsp3) is 0.0769. The lowest BCUT2D eigenvalue weighted by atomic mass is 10.0. The van der Waals surface area contributed by atoms with E-state index in [2.05, 4.69) is 4.98 Å². The fourth-order valence-electron chi connectivity index (χ4n) is 1.49. The van der Waals surface area contributed by atoms with Crippen LogP contribution in [0, 0.1) is 12.7 Å². The van der Waals surface area contributed by atoms with Crippen LogP contribution in [0.25, 0.3) is 11.1 Å². The van der Waals surface area contributed by atoms with Crippen LogP contribution in [0.15, 0.2) is 36.5 Å². The first-order valence-electron chi connectivity index (χ1n) is 4.88. The topological polar surface area (TPSA) is 30.0 Å². The molecule has 0 bridgehead atoms. The molecule has 2 nitrogen and oxygen atoms in total. The zero-order valence-electron chi connectivity index (χ0n) is 8.77. The number of aryl methyl sites for hydroxylation is 1. The molecule has 80 valence electrons. The summed E-state index contributed by atoms with van der Waals surface area (Å²) in [6, 6.07) is 8.16. The minimum atomic E-state index is -0.286. The number of aldehydes is 1. The molecule has 0 N–H and O–H groups in total. The lowest BCUT2D eigenvalue weighted by molar-refractivity contribution is 0.111. The molecule has 1 aromatic carbocycles. The van der Waals surface area contributed by atoms with E-state index in [9.17, 15) is 9.18 Å². The van der Waals surface area contributed by atoms with Crippen LogP contribution >= 0.6 is 0 Å². The minimum absolute atomic E-state index is 0.286. The summed E-state index contributed by atoms with van der Waals surface area (Å²) in [5, 5.41) is 0. The molecule has 0 amide bonds. The second-order valence-electron chi connectivity index (χ2n) is 3.57. The Kier molecular flexibility index (Phi) is 2.77. The van der Waals surface area contributed by atoms with Crippen LogP contribution < -0.4 is 0 Å². The van der Waals surface area contributed by atoms with Crippen molar-refractivity contribution < 1.29 is 9.18 Å². The first kappa shape index (κ1) is 10.5. The number of carbonyl (C=O) groups excluding carboxylic acids is 1.